The maximum absolute atomic E-state index is 11.0. The fourth-order valence-electron chi connectivity index (χ4n) is 1.68. The number of carboxylic acids is 1. The highest BCUT2D eigenvalue weighted by atomic mass is 32.1. The SMILES string of the molecule is Cc1nc(CCNc2ncc(C(=O)O)cc2[N+](=O)[O-])cs1. The molecule has 0 aromatic carbocycles. The number of hydrogen-bond donors (Lipinski definition) is 2. The Morgan fingerprint density at radius 2 is 2.33 bits per heavy atom. The first-order valence-electron chi connectivity index (χ1n) is 6.00. The van der Waals surface area contributed by atoms with Crippen LogP contribution in [0.1, 0.15) is 21.1 Å². The monoisotopic (exact) mass is 308 g/mol. The lowest BCUT2D eigenvalue weighted by Crippen LogP contribution is -2.10. The van der Waals surface area contributed by atoms with Crippen LogP contribution < -0.4 is 5.32 Å². The molecular weight excluding hydrogens is 296 g/mol. The smallest absolute Gasteiger partial charge is 0.337 e. The van der Waals surface area contributed by atoms with Gasteiger partial charge >= 0.3 is 11.7 Å². The molecule has 0 bridgehead atoms. The quantitative estimate of drug-likeness (QED) is 0.619. The van der Waals surface area contributed by atoms with Crippen molar-refractivity contribution < 1.29 is 14.8 Å². The van der Waals surface area contributed by atoms with E-state index in [1.54, 1.807) is 0 Å². The van der Waals surface area contributed by atoms with Crippen molar-refractivity contribution in [1.29, 1.82) is 0 Å². The van der Waals surface area contributed by atoms with Crippen LogP contribution in [0, 0.1) is 17.0 Å². The van der Waals surface area contributed by atoms with Gasteiger partial charge in [0.2, 0.25) is 5.82 Å². The molecule has 2 N–H and O–H groups in total. The molecule has 21 heavy (non-hydrogen) atoms. The van der Waals surface area contributed by atoms with Crippen LogP contribution in [0.5, 0.6) is 0 Å². The number of anilines is 1. The molecule has 0 aliphatic carbocycles. The van der Waals surface area contributed by atoms with Gasteiger partial charge in [0.25, 0.3) is 0 Å². The summed E-state index contributed by atoms with van der Waals surface area (Å²) in [6.45, 7) is 2.32. The number of aromatic carboxylic acids is 1. The molecule has 0 saturated carbocycles. The number of aromatic nitrogens is 2. The first kappa shape index (κ1) is 14.9. The Morgan fingerprint density at radius 3 is 2.90 bits per heavy atom. The Bertz CT molecular complexity index is 686. The molecule has 2 heterocycles. The van der Waals surface area contributed by atoms with Crippen molar-refractivity contribution in [3.05, 3.63) is 44.0 Å². The number of carboxylic acid groups (broad SMARTS) is 1. The minimum atomic E-state index is -1.25. The Kier molecular flexibility index (Phi) is 4.43. The van der Waals surface area contributed by atoms with Gasteiger partial charge in [-0.05, 0) is 6.92 Å². The molecule has 0 atom stereocenters. The average molecular weight is 308 g/mol. The van der Waals surface area contributed by atoms with Gasteiger partial charge in [0.15, 0.2) is 0 Å². The molecule has 0 amide bonds. The van der Waals surface area contributed by atoms with E-state index < -0.39 is 10.9 Å². The van der Waals surface area contributed by atoms with Crippen molar-refractivity contribution in [2.24, 2.45) is 0 Å². The van der Waals surface area contributed by atoms with E-state index in [1.165, 1.54) is 11.3 Å². The number of nitro groups is 1. The zero-order valence-electron chi connectivity index (χ0n) is 11.1. The number of hydrogen-bond acceptors (Lipinski definition) is 7. The van der Waals surface area contributed by atoms with E-state index in [-0.39, 0.29) is 17.1 Å². The summed E-state index contributed by atoms with van der Waals surface area (Å²) in [6.07, 6.45) is 1.69. The molecule has 0 aliphatic rings. The number of thiazole rings is 1. The third kappa shape index (κ3) is 3.72. The summed E-state index contributed by atoms with van der Waals surface area (Å²) in [4.78, 5) is 29.2. The highest BCUT2D eigenvalue weighted by Crippen LogP contribution is 2.22. The third-order valence-corrected chi connectivity index (χ3v) is 3.47. The molecule has 2 rings (SSSR count). The second-order valence-corrected chi connectivity index (χ2v) is 5.25. The van der Waals surface area contributed by atoms with Gasteiger partial charge in [-0.2, -0.15) is 0 Å². The second kappa shape index (κ2) is 6.27. The molecule has 2 aromatic rings. The number of nitrogens with one attached hydrogen (secondary N) is 1. The number of nitrogens with zero attached hydrogens (tertiary/aromatic N) is 3. The van der Waals surface area contributed by atoms with Crippen molar-refractivity contribution in [2.75, 3.05) is 11.9 Å². The zero-order chi connectivity index (χ0) is 15.4. The van der Waals surface area contributed by atoms with Gasteiger partial charge in [0, 0.05) is 30.6 Å². The Balaban J connectivity index is 2.08. The van der Waals surface area contributed by atoms with Gasteiger partial charge in [0.05, 0.1) is 21.2 Å². The van der Waals surface area contributed by atoms with Gasteiger partial charge in [0.1, 0.15) is 0 Å². The van der Waals surface area contributed by atoms with E-state index in [0.717, 1.165) is 23.0 Å². The Hall–Kier alpha value is -2.55. The molecular formula is C12H12N4O4S. The van der Waals surface area contributed by atoms with Crippen LogP contribution in [0.2, 0.25) is 0 Å². The molecule has 2 aromatic heterocycles. The fourth-order valence-corrected chi connectivity index (χ4v) is 2.32. The normalized spacial score (nSPS) is 10.3. The lowest BCUT2D eigenvalue weighted by molar-refractivity contribution is -0.384. The van der Waals surface area contributed by atoms with Crippen LogP contribution in [-0.2, 0) is 6.42 Å². The number of carbonyl (C=O) groups is 1. The molecule has 0 aliphatic heterocycles. The Morgan fingerprint density at radius 1 is 1.57 bits per heavy atom. The van der Waals surface area contributed by atoms with E-state index >= 15 is 0 Å². The molecule has 9 heteroatoms. The van der Waals surface area contributed by atoms with Crippen LogP contribution in [0.4, 0.5) is 11.5 Å². The van der Waals surface area contributed by atoms with Crippen molar-refractivity contribution >= 4 is 28.8 Å². The van der Waals surface area contributed by atoms with Crippen molar-refractivity contribution in [1.82, 2.24) is 9.97 Å². The van der Waals surface area contributed by atoms with Crippen LogP contribution in [0.3, 0.4) is 0 Å². The maximum Gasteiger partial charge on any atom is 0.337 e. The number of rotatable bonds is 6. The average Bonchev–Trinajstić information content (AvgIpc) is 2.84. The minimum Gasteiger partial charge on any atom is -0.478 e. The van der Waals surface area contributed by atoms with Gasteiger partial charge in [-0.25, -0.2) is 14.8 Å². The van der Waals surface area contributed by atoms with Gasteiger partial charge in [-0.3, -0.25) is 10.1 Å². The lowest BCUT2D eigenvalue weighted by Gasteiger charge is -2.05. The highest BCUT2D eigenvalue weighted by Gasteiger charge is 2.18. The summed E-state index contributed by atoms with van der Waals surface area (Å²) < 4.78 is 0. The van der Waals surface area contributed by atoms with Gasteiger partial charge in [-0.15, -0.1) is 11.3 Å². The maximum atomic E-state index is 11.0. The number of aryl methyl sites for hydroxylation is 1. The predicted octanol–water partition coefficient (Wildman–Crippen LogP) is 2.11. The predicted molar refractivity (Wildman–Crippen MR) is 76.9 cm³/mol. The first-order valence-corrected chi connectivity index (χ1v) is 6.88. The van der Waals surface area contributed by atoms with Crippen LogP contribution >= 0.6 is 11.3 Å². The summed E-state index contributed by atoms with van der Waals surface area (Å²) in [5.74, 6) is -1.20. The summed E-state index contributed by atoms with van der Waals surface area (Å²) in [6, 6.07) is 0.991. The van der Waals surface area contributed by atoms with Crippen LogP contribution in [0.15, 0.2) is 17.6 Å². The van der Waals surface area contributed by atoms with Crippen molar-refractivity contribution in [3.8, 4) is 0 Å². The zero-order valence-corrected chi connectivity index (χ0v) is 11.9. The van der Waals surface area contributed by atoms with Gasteiger partial charge < -0.3 is 10.4 Å². The summed E-state index contributed by atoms with van der Waals surface area (Å²) in [5.41, 5.74) is 0.321. The van der Waals surface area contributed by atoms with E-state index in [9.17, 15) is 14.9 Å². The summed E-state index contributed by atoms with van der Waals surface area (Å²) in [5, 5.41) is 25.5. The fraction of sp³-hybridized carbons (Fsp3) is 0.250. The summed E-state index contributed by atoms with van der Waals surface area (Å²) in [7, 11) is 0. The standard InChI is InChI=1S/C12H12N4O4S/c1-7-15-9(6-21-7)2-3-13-11-10(16(19)20)4-8(5-14-11)12(17)18/h4-6H,2-3H2,1H3,(H,13,14)(H,17,18). The topological polar surface area (TPSA) is 118 Å². The molecule has 0 radical (unpaired) electrons. The molecule has 8 nitrogen and oxygen atoms in total. The molecule has 0 spiro atoms. The first-order chi connectivity index (χ1) is 9.97. The summed E-state index contributed by atoms with van der Waals surface area (Å²) >= 11 is 1.54. The minimum absolute atomic E-state index is 0.0527. The molecule has 0 fully saturated rings. The van der Waals surface area contributed by atoms with E-state index in [2.05, 4.69) is 15.3 Å². The van der Waals surface area contributed by atoms with Crippen molar-refractivity contribution in [2.45, 2.75) is 13.3 Å². The third-order valence-electron chi connectivity index (χ3n) is 2.65. The number of pyridine rings is 1. The van der Waals surface area contributed by atoms with Gasteiger partial charge in [-0.1, -0.05) is 0 Å². The van der Waals surface area contributed by atoms with E-state index in [1.807, 2.05) is 12.3 Å². The van der Waals surface area contributed by atoms with E-state index in [0.29, 0.717) is 13.0 Å². The molecule has 0 unspecified atom stereocenters. The second-order valence-electron chi connectivity index (χ2n) is 4.19. The molecule has 0 saturated heterocycles. The lowest BCUT2D eigenvalue weighted by atomic mass is 10.2. The highest BCUT2D eigenvalue weighted by molar-refractivity contribution is 7.09. The van der Waals surface area contributed by atoms with E-state index in [4.69, 9.17) is 5.11 Å². The van der Waals surface area contributed by atoms with Crippen LogP contribution in [0.25, 0.3) is 0 Å². The molecule has 110 valence electrons. The largest absolute Gasteiger partial charge is 0.478 e. The van der Waals surface area contributed by atoms with Crippen LogP contribution in [-0.4, -0.2) is 32.5 Å². The van der Waals surface area contributed by atoms with Crippen molar-refractivity contribution in [3.63, 3.8) is 0 Å². The Labute approximate surface area is 123 Å².